The molecule has 0 saturated carbocycles. The van der Waals surface area contributed by atoms with Gasteiger partial charge in [-0.3, -0.25) is 9.59 Å². The Morgan fingerprint density at radius 1 is 1.27 bits per heavy atom. The lowest BCUT2D eigenvalue weighted by molar-refractivity contribution is -0.122. The minimum atomic E-state index is -0.683. The van der Waals surface area contributed by atoms with Crippen LogP contribution in [0.5, 0.6) is 0 Å². The van der Waals surface area contributed by atoms with Crippen molar-refractivity contribution in [3.8, 4) is 0 Å². The van der Waals surface area contributed by atoms with Gasteiger partial charge in [0.1, 0.15) is 11.0 Å². The van der Waals surface area contributed by atoms with Crippen molar-refractivity contribution < 1.29 is 19.1 Å². The summed E-state index contributed by atoms with van der Waals surface area (Å²) in [6.45, 7) is 1.96. The van der Waals surface area contributed by atoms with Crippen LogP contribution in [0, 0.1) is 0 Å². The molecule has 26 heavy (non-hydrogen) atoms. The van der Waals surface area contributed by atoms with Crippen LogP contribution in [0.1, 0.15) is 28.6 Å². The quantitative estimate of drug-likeness (QED) is 0.701. The number of carbonyl (C=O) groups excluding carboxylic acids is 3. The maximum atomic E-state index is 12.4. The number of fused-ring (bicyclic) bond motifs is 1. The molecule has 1 aromatic heterocycles. The van der Waals surface area contributed by atoms with Crippen molar-refractivity contribution in [1.82, 2.24) is 0 Å². The van der Waals surface area contributed by atoms with Crippen molar-refractivity contribution in [2.24, 2.45) is 0 Å². The number of thiophene rings is 1. The van der Waals surface area contributed by atoms with E-state index < -0.39 is 12.0 Å². The van der Waals surface area contributed by atoms with E-state index in [2.05, 4.69) is 16.0 Å². The van der Waals surface area contributed by atoms with Crippen LogP contribution in [0.3, 0.4) is 0 Å². The Bertz CT molecular complexity index is 862. The smallest absolute Gasteiger partial charge is 0.340 e. The molecule has 1 atom stereocenters. The second-order valence-electron chi connectivity index (χ2n) is 5.78. The number of carbonyl (C=O) groups is 3. The van der Waals surface area contributed by atoms with Gasteiger partial charge >= 0.3 is 5.97 Å². The Kier molecular flexibility index (Phi) is 5.22. The van der Waals surface area contributed by atoms with Gasteiger partial charge in [0.05, 0.1) is 30.5 Å². The number of hydrogen-bond acceptors (Lipinski definition) is 6. The molecule has 0 bridgehead atoms. The van der Waals surface area contributed by atoms with Gasteiger partial charge in [0.25, 0.3) is 0 Å². The van der Waals surface area contributed by atoms with Crippen LogP contribution in [-0.4, -0.2) is 30.9 Å². The largest absolute Gasteiger partial charge is 0.465 e. The summed E-state index contributed by atoms with van der Waals surface area (Å²) in [6.07, 6.45) is 0.689. The van der Waals surface area contributed by atoms with E-state index in [-0.39, 0.29) is 18.2 Å². The zero-order chi connectivity index (χ0) is 18.7. The van der Waals surface area contributed by atoms with Crippen molar-refractivity contribution in [3.63, 3.8) is 0 Å². The van der Waals surface area contributed by atoms with E-state index in [1.165, 1.54) is 18.4 Å². The van der Waals surface area contributed by atoms with Gasteiger partial charge in [-0.05, 0) is 24.6 Å². The number of para-hydroxylation sites is 2. The molecule has 0 fully saturated rings. The van der Waals surface area contributed by atoms with Crippen LogP contribution >= 0.6 is 11.3 Å². The Labute approximate surface area is 154 Å². The Morgan fingerprint density at radius 2 is 2.00 bits per heavy atom. The fourth-order valence-electron chi connectivity index (χ4n) is 2.67. The molecule has 3 N–H and O–H groups in total. The lowest BCUT2D eigenvalue weighted by Gasteiger charge is -2.26. The highest BCUT2D eigenvalue weighted by Crippen LogP contribution is 2.30. The van der Waals surface area contributed by atoms with E-state index in [0.717, 1.165) is 17.0 Å². The van der Waals surface area contributed by atoms with Crippen molar-refractivity contribution in [1.29, 1.82) is 0 Å². The molecular formula is C18H19N3O4S. The number of nitrogens with one attached hydrogen (secondary N) is 3. The van der Waals surface area contributed by atoms with Crippen molar-refractivity contribution in [2.75, 3.05) is 23.1 Å². The third kappa shape index (κ3) is 3.70. The highest BCUT2D eigenvalue weighted by Gasteiger charge is 2.28. The molecule has 2 amide bonds. The van der Waals surface area contributed by atoms with Gasteiger partial charge in [0.15, 0.2) is 0 Å². The van der Waals surface area contributed by atoms with Crippen LogP contribution in [0.2, 0.25) is 0 Å². The van der Waals surface area contributed by atoms with Gasteiger partial charge in [-0.1, -0.05) is 19.1 Å². The van der Waals surface area contributed by atoms with Crippen LogP contribution in [0.15, 0.2) is 30.3 Å². The second kappa shape index (κ2) is 7.57. The third-order valence-corrected chi connectivity index (χ3v) is 5.21. The first kappa shape index (κ1) is 17.9. The first-order valence-corrected chi connectivity index (χ1v) is 9.00. The fourth-order valence-corrected chi connectivity index (χ4v) is 3.67. The van der Waals surface area contributed by atoms with Crippen molar-refractivity contribution in [3.05, 3.63) is 40.8 Å². The van der Waals surface area contributed by atoms with E-state index in [1.54, 1.807) is 12.1 Å². The number of ether oxygens (including phenoxy) is 1. The lowest BCUT2D eigenvalue weighted by atomic mass is 10.1. The number of methoxy groups -OCH3 is 1. The number of aryl methyl sites for hydroxylation is 1. The first-order valence-electron chi connectivity index (χ1n) is 8.19. The minimum Gasteiger partial charge on any atom is -0.465 e. The number of esters is 1. The van der Waals surface area contributed by atoms with Crippen LogP contribution in [0.25, 0.3) is 0 Å². The first-order chi connectivity index (χ1) is 12.5. The lowest BCUT2D eigenvalue weighted by Crippen LogP contribution is -2.41. The molecule has 2 heterocycles. The van der Waals surface area contributed by atoms with E-state index in [0.29, 0.717) is 16.3 Å². The van der Waals surface area contributed by atoms with Gasteiger partial charge in [0, 0.05) is 4.88 Å². The van der Waals surface area contributed by atoms with Gasteiger partial charge in [0.2, 0.25) is 11.8 Å². The summed E-state index contributed by atoms with van der Waals surface area (Å²) in [5, 5.41) is 9.02. The average molecular weight is 373 g/mol. The molecule has 3 rings (SSSR count). The Morgan fingerprint density at radius 3 is 2.69 bits per heavy atom. The maximum absolute atomic E-state index is 12.4. The number of hydrogen-bond donors (Lipinski definition) is 3. The summed E-state index contributed by atoms with van der Waals surface area (Å²) in [4.78, 5) is 37.5. The monoisotopic (exact) mass is 373 g/mol. The summed E-state index contributed by atoms with van der Waals surface area (Å²) in [5.41, 5.74) is 1.78. The summed E-state index contributed by atoms with van der Waals surface area (Å²) >= 11 is 1.33. The predicted octanol–water partition coefficient (Wildman–Crippen LogP) is 2.86. The normalized spacial score (nSPS) is 15.5. The van der Waals surface area contributed by atoms with Gasteiger partial charge < -0.3 is 20.7 Å². The molecule has 1 aliphatic heterocycles. The van der Waals surface area contributed by atoms with Crippen LogP contribution < -0.4 is 16.0 Å². The third-order valence-electron chi connectivity index (χ3n) is 4.01. The molecule has 136 valence electrons. The van der Waals surface area contributed by atoms with Crippen LogP contribution in [0.4, 0.5) is 16.4 Å². The number of amides is 2. The standard InChI is InChI=1S/C18H19N3O4S/c1-3-10-8-11(18(24)25-2)17(26-10)21-15(22)9-14-16(23)20-13-7-5-4-6-12(13)19-14/h4-8,14,19H,3,9H2,1-2H3,(H,20,23)(H,21,22). The molecule has 8 heteroatoms. The summed E-state index contributed by atoms with van der Waals surface area (Å²) in [7, 11) is 1.30. The summed E-state index contributed by atoms with van der Waals surface area (Å²) in [5.74, 6) is -1.13. The molecule has 0 radical (unpaired) electrons. The SMILES string of the molecule is CCc1cc(C(=O)OC)c(NC(=O)CC2Nc3ccccc3NC2=O)s1. The zero-order valence-electron chi connectivity index (χ0n) is 14.4. The molecule has 1 unspecified atom stereocenters. The molecule has 1 aromatic carbocycles. The summed E-state index contributed by atoms with van der Waals surface area (Å²) < 4.78 is 4.76. The minimum absolute atomic E-state index is 0.0554. The molecule has 0 saturated heterocycles. The molecule has 0 spiro atoms. The number of anilines is 3. The number of rotatable bonds is 5. The Hall–Kier alpha value is -2.87. The van der Waals surface area contributed by atoms with Crippen LogP contribution in [-0.2, 0) is 20.7 Å². The topological polar surface area (TPSA) is 96.5 Å². The Balaban J connectivity index is 1.71. The molecule has 2 aromatic rings. The van der Waals surface area contributed by atoms with Gasteiger partial charge in [-0.2, -0.15) is 0 Å². The predicted molar refractivity (Wildman–Crippen MR) is 101 cm³/mol. The zero-order valence-corrected chi connectivity index (χ0v) is 15.2. The summed E-state index contributed by atoms with van der Waals surface area (Å²) in [6, 6.07) is 8.33. The molecule has 7 nitrogen and oxygen atoms in total. The fraction of sp³-hybridized carbons (Fsp3) is 0.278. The van der Waals surface area contributed by atoms with E-state index >= 15 is 0 Å². The van der Waals surface area contributed by atoms with E-state index in [1.807, 2.05) is 25.1 Å². The molecule has 0 aliphatic carbocycles. The van der Waals surface area contributed by atoms with Gasteiger partial charge in [-0.25, -0.2) is 4.79 Å². The molecular weight excluding hydrogens is 354 g/mol. The molecule has 1 aliphatic rings. The van der Waals surface area contributed by atoms with Gasteiger partial charge in [-0.15, -0.1) is 11.3 Å². The van der Waals surface area contributed by atoms with E-state index in [9.17, 15) is 14.4 Å². The van der Waals surface area contributed by atoms with Crippen molar-refractivity contribution >= 4 is 45.5 Å². The number of benzene rings is 1. The van der Waals surface area contributed by atoms with Crippen molar-refractivity contribution in [2.45, 2.75) is 25.8 Å². The highest BCUT2D eigenvalue weighted by molar-refractivity contribution is 7.16. The second-order valence-corrected chi connectivity index (χ2v) is 6.92. The van der Waals surface area contributed by atoms with E-state index in [4.69, 9.17) is 4.74 Å². The highest BCUT2D eigenvalue weighted by atomic mass is 32.1. The average Bonchev–Trinajstić information content (AvgIpc) is 3.04. The maximum Gasteiger partial charge on any atom is 0.340 e.